The molecule has 11 N–H and O–H groups in total. The topological polar surface area (TPSA) is 392 Å². The summed E-state index contributed by atoms with van der Waals surface area (Å²) in [5, 5.41) is 51.6. The van der Waals surface area contributed by atoms with E-state index in [1.54, 1.807) is 6.07 Å². The lowest BCUT2D eigenvalue weighted by Crippen LogP contribution is -2.60. The second-order valence-corrected chi connectivity index (χ2v) is 25.6. The van der Waals surface area contributed by atoms with Crippen molar-refractivity contribution in [2.45, 2.75) is 241 Å². The summed E-state index contributed by atoms with van der Waals surface area (Å²) in [6.07, 6.45) is 13.4. The smallest absolute Gasteiger partial charge is 0.305 e. The molecule has 0 saturated carbocycles. The van der Waals surface area contributed by atoms with E-state index in [1.807, 2.05) is 18.2 Å². The van der Waals surface area contributed by atoms with E-state index in [9.17, 15) is 82.8 Å². The van der Waals surface area contributed by atoms with E-state index in [0.29, 0.717) is 17.9 Å². The van der Waals surface area contributed by atoms with Crippen LogP contribution in [0.15, 0.2) is 24.3 Å². The van der Waals surface area contributed by atoms with E-state index < -0.39 is 152 Å². The molecule has 8 atom stereocenters. The van der Waals surface area contributed by atoms with Gasteiger partial charge < -0.3 is 57.6 Å². The second-order valence-electron chi connectivity index (χ2n) is 23.5. The van der Waals surface area contributed by atoms with Crippen molar-refractivity contribution >= 4 is 100 Å². The number of fused-ring (bicyclic) bond motifs is 3. The number of carbonyl (C=O) groups is 13. The van der Waals surface area contributed by atoms with Crippen LogP contribution in [0.1, 0.15) is 205 Å². The highest BCUT2D eigenvalue weighted by molar-refractivity contribution is 7.98. The minimum atomic E-state index is -1.82. The largest absolute Gasteiger partial charge is 0.481 e. The number of nitrogens with one attached hydrogen (secondary N) is 5. The van der Waals surface area contributed by atoms with Gasteiger partial charge in [0.25, 0.3) is 0 Å². The van der Waals surface area contributed by atoms with Crippen LogP contribution in [0, 0.1) is 11.8 Å². The lowest BCUT2D eigenvalue weighted by atomic mass is 9.95. The molecule has 1 aromatic rings. The van der Waals surface area contributed by atoms with E-state index in [2.05, 4.69) is 33.5 Å². The van der Waals surface area contributed by atoms with Crippen molar-refractivity contribution < 1.29 is 82.8 Å². The van der Waals surface area contributed by atoms with Gasteiger partial charge in [0.2, 0.25) is 41.4 Å². The Morgan fingerprint density at radius 2 is 1.13 bits per heavy atom. The third-order valence-corrected chi connectivity index (χ3v) is 18.1. The normalized spacial score (nSPS) is 22.0. The summed E-state index contributed by atoms with van der Waals surface area (Å²) in [4.78, 5) is 173. The number of hydrogen-bond acceptors (Lipinski definition) is 16. The second kappa shape index (κ2) is 43.3. The quantitative estimate of drug-likeness (QED) is 0.0402. The van der Waals surface area contributed by atoms with Crippen molar-refractivity contribution in [2.75, 3.05) is 24.6 Å². The fraction of sp³-hybridized carbons (Fsp3) is 0.698. The van der Waals surface area contributed by atoms with Gasteiger partial charge in [0.05, 0.1) is 25.0 Å². The zero-order chi connectivity index (χ0) is 65.7. The summed E-state index contributed by atoms with van der Waals surface area (Å²) in [5.74, 6) is -13.8. The van der Waals surface area contributed by atoms with Crippen LogP contribution >= 0.6 is 23.5 Å². The summed E-state index contributed by atoms with van der Waals surface area (Å²) in [7, 11) is 0. The first kappa shape index (κ1) is 76.8. The molecular weight excluding hydrogens is 1190 g/mol. The standard InChI is InChI=1S/C63H97N7O17S2/c1-3-4-5-6-7-8-9-10-11-12-13-14-15-16-17-23-46(72)24-19-25-47(73)34-45-39-88-37-42-21-18-22-43(32-42)38-89-40-51(57(64)81)68-58(82)44(27-29-53(75)76)33-48(74)36-65-62(86)56(41(2)71)69-60(84)49(28-30-54(77)78)66-61(85)52-26-20-31-70(52)63(87)50(35-55(79)80)67-59(45)83/h18,21-22,32,41,44-45,49-52,56,71H,3-17,19-20,23-31,33-40H2,1-2H3,(H2,64,81)(H,65,86)(H,66,85)(H,67,83)(H,68,82)(H,69,84)(H,75,76)(H,77,78)(H,79,80)/t41-,44-,45+,49+,50+,51+,52+,56+/m1/s1. The molecule has 498 valence electrons. The molecule has 1 fully saturated rings. The zero-order valence-corrected chi connectivity index (χ0v) is 53.5. The molecule has 0 aromatic heterocycles. The Balaban J connectivity index is 1.85. The molecule has 26 heteroatoms. The first-order valence-electron chi connectivity index (χ1n) is 31.7. The van der Waals surface area contributed by atoms with Crippen molar-refractivity contribution in [1.29, 1.82) is 0 Å². The summed E-state index contributed by atoms with van der Waals surface area (Å²) < 4.78 is 0. The highest BCUT2D eigenvalue weighted by Gasteiger charge is 2.41. The maximum absolute atomic E-state index is 14.4. The van der Waals surface area contributed by atoms with Crippen LogP contribution in [0.25, 0.3) is 0 Å². The number of unbranched alkanes of at least 4 members (excludes halogenated alkanes) is 14. The molecule has 0 spiro atoms. The maximum Gasteiger partial charge on any atom is 0.305 e. The molecule has 2 heterocycles. The van der Waals surface area contributed by atoms with E-state index in [4.69, 9.17) is 5.73 Å². The van der Waals surface area contributed by atoms with Crippen molar-refractivity contribution in [2.24, 2.45) is 17.6 Å². The number of carboxylic acid groups (broad SMARTS) is 3. The molecule has 0 unspecified atom stereocenters. The lowest BCUT2D eigenvalue weighted by Gasteiger charge is -2.30. The van der Waals surface area contributed by atoms with Crippen molar-refractivity contribution in [3.63, 3.8) is 0 Å². The van der Waals surface area contributed by atoms with Crippen LogP contribution < -0.4 is 32.3 Å². The number of nitrogens with two attached hydrogens (primary N) is 1. The van der Waals surface area contributed by atoms with Gasteiger partial charge >= 0.3 is 17.9 Å². The number of benzene rings is 1. The Morgan fingerprint density at radius 1 is 0.596 bits per heavy atom. The van der Waals surface area contributed by atoms with Gasteiger partial charge in [0.15, 0.2) is 5.78 Å². The Bertz CT molecular complexity index is 2520. The number of hydrogen-bond donors (Lipinski definition) is 10. The highest BCUT2D eigenvalue weighted by atomic mass is 32.2. The van der Waals surface area contributed by atoms with Crippen molar-refractivity contribution in [1.82, 2.24) is 31.5 Å². The van der Waals surface area contributed by atoms with Crippen LogP contribution in [0.3, 0.4) is 0 Å². The summed E-state index contributed by atoms with van der Waals surface area (Å²) in [5.41, 5.74) is 7.27. The Labute approximate surface area is 531 Å². The van der Waals surface area contributed by atoms with Gasteiger partial charge in [0, 0.05) is 80.4 Å². The minimum absolute atomic E-state index is 0.00844. The molecule has 1 saturated heterocycles. The van der Waals surface area contributed by atoms with Crippen LogP contribution in [-0.4, -0.2) is 163 Å². The molecule has 0 aliphatic carbocycles. The SMILES string of the molecule is CCCCCCCCCCCCCCCCCC(=O)CCCC(=O)C[C@H]1CSCc2cccc(c2)CSC[C@@H](C(N)=O)NC(=O)[C@H](CCC(=O)O)CC(=O)CNC(=O)[C@H]([C@@H](C)O)NC(=O)[C@H](CCC(=O)O)NC(=O)[C@@H]2CCCN2C(=O)[C@H](CC(=O)O)NC1=O. The molecule has 3 rings (SSSR count). The monoisotopic (exact) mass is 1290 g/mol. The fourth-order valence-corrected chi connectivity index (χ4v) is 12.8. The first-order valence-corrected chi connectivity index (χ1v) is 34.0. The van der Waals surface area contributed by atoms with Gasteiger partial charge in [-0.3, -0.25) is 62.3 Å². The number of aliphatic hydroxyl groups excluding tert-OH is 1. The number of carboxylic acids is 3. The third kappa shape index (κ3) is 31.7. The van der Waals surface area contributed by atoms with Gasteiger partial charge in [-0.25, -0.2) is 0 Å². The Morgan fingerprint density at radius 3 is 1.71 bits per heavy atom. The number of aliphatic hydroxyl groups is 1. The minimum Gasteiger partial charge on any atom is -0.481 e. The predicted molar refractivity (Wildman–Crippen MR) is 336 cm³/mol. The molecule has 2 aliphatic rings. The highest BCUT2D eigenvalue weighted by Crippen LogP contribution is 2.25. The Kier molecular flexibility index (Phi) is 37.4. The van der Waals surface area contributed by atoms with Crippen molar-refractivity contribution in [3.05, 3.63) is 35.4 Å². The number of Topliss-reactive ketones (excluding diaryl/α,β-unsaturated/α-hetero) is 3. The molecule has 7 amide bonds. The summed E-state index contributed by atoms with van der Waals surface area (Å²) in [6.45, 7) is 2.47. The molecule has 24 nitrogen and oxygen atoms in total. The number of thioether (sulfide) groups is 2. The van der Waals surface area contributed by atoms with Crippen LogP contribution in [0.2, 0.25) is 0 Å². The summed E-state index contributed by atoms with van der Waals surface area (Å²) >= 11 is 2.52. The molecule has 0 radical (unpaired) electrons. The van der Waals surface area contributed by atoms with Gasteiger partial charge in [-0.15, -0.1) is 0 Å². The number of aliphatic carboxylic acids is 3. The molecule has 2 bridgehead atoms. The number of amides is 7. The van der Waals surface area contributed by atoms with E-state index in [-0.39, 0.29) is 74.6 Å². The van der Waals surface area contributed by atoms with Crippen LogP contribution in [-0.2, 0) is 73.8 Å². The summed E-state index contributed by atoms with van der Waals surface area (Å²) in [6, 6.07) is -0.607. The van der Waals surface area contributed by atoms with Crippen LogP contribution in [0.5, 0.6) is 0 Å². The third-order valence-electron chi connectivity index (χ3n) is 15.8. The number of ketones is 3. The number of nitrogens with zero attached hydrogens (tertiary/aromatic N) is 1. The van der Waals surface area contributed by atoms with Crippen molar-refractivity contribution in [3.8, 4) is 0 Å². The first-order chi connectivity index (χ1) is 42.5. The predicted octanol–water partition coefficient (Wildman–Crippen LogP) is 5.44. The Hall–Kier alpha value is -6.41. The average molecular weight is 1290 g/mol. The van der Waals surface area contributed by atoms with Gasteiger partial charge in [-0.1, -0.05) is 121 Å². The maximum atomic E-state index is 14.4. The van der Waals surface area contributed by atoms with E-state index >= 15 is 0 Å². The lowest BCUT2D eigenvalue weighted by molar-refractivity contribution is -0.146. The van der Waals surface area contributed by atoms with Gasteiger partial charge in [-0.2, -0.15) is 23.5 Å². The molecule has 1 aromatic carbocycles. The average Bonchev–Trinajstić information content (AvgIpc) is 2.67. The molecular formula is C63H97N7O17S2. The van der Waals surface area contributed by atoms with Crippen LogP contribution in [0.4, 0.5) is 0 Å². The number of rotatable bonds is 32. The number of primary amides is 1. The zero-order valence-electron chi connectivity index (χ0n) is 51.9. The molecule has 89 heavy (non-hydrogen) atoms. The van der Waals surface area contributed by atoms with E-state index in [1.165, 1.54) is 94.2 Å². The van der Waals surface area contributed by atoms with Gasteiger partial charge in [-0.05, 0) is 56.6 Å². The van der Waals surface area contributed by atoms with E-state index in [0.717, 1.165) is 48.6 Å². The number of carbonyl (C=O) groups excluding carboxylic acids is 10. The van der Waals surface area contributed by atoms with Gasteiger partial charge in [0.1, 0.15) is 41.8 Å². The fourth-order valence-electron chi connectivity index (χ4n) is 10.7. The molecule has 2 aliphatic heterocycles.